The molecule has 0 bridgehead atoms. The van der Waals surface area contributed by atoms with Gasteiger partial charge in [-0.25, -0.2) is 0 Å². The first-order valence-corrected chi connectivity index (χ1v) is 6.51. The van der Waals surface area contributed by atoms with E-state index in [-0.39, 0.29) is 11.7 Å². The van der Waals surface area contributed by atoms with Crippen LogP contribution < -0.4 is 0 Å². The van der Waals surface area contributed by atoms with Crippen LogP contribution in [-0.4, -0.2) is 54.8 Å². The Bertz CT molecular complexity index is 206. The molecule has 16 heavy (non-hydrogen) atoms. The van der Waals surface area contributed by atoms with E-state index in [0.29, 0.717) is 11.9 Å². The summed E-state index contributed by atoms with van der Waals surface area (Å²) in [5, 5.41) is 0. The third kappa shape index (κ3) is 5.00. The molecule has 2 unspecified atom stereocenters. The molecular formula is C12H24ClNO2. The minimum atomic E-state index is -0.0542. The van der Waals surface area contributed by atoms with Crippen molar-refractivity contribution in [2.24, 2.45) is 0 Å². The third-order valence-corrected chi connectivity index (χ3v) is 3.06. The van der Waals surface area contributed by atoms with Crippen molar-refractivity contribution in [3.05, 3.63) is 0 Å². The van der Waals surface area contributed by atoms with Gasteiger partial charge in [-0.3, -0.25) is 4.90 Å². The molecule has 1 aliphatic heterocycles. The number of morpholine rings is 1. The molecule has 1 saturated heterocycles. The lowest BCUT2D eigenvalue weighted by Crippen LogP contribution is -2.50. The van der Waals surface area contributed by atoms with Gasteiger partial charge in [0.15, 0.2) is 0 Å². The Morgan fingerprint density at radius 3 is 2.69 bits per heavy atom. The molecule has 2 atom stereocenters. The summed E-state index contributed by atoms with van der Waals surface area (Å²) >= 11 is 5.82. The minimum Gasteiger partial charge on any atom is -0.375 e. The van der Waals surface area contributed by atoms with Crippen molar-refractivity contribution in [2.75, 3.05) is 32.2 Å². The number of rotatable bonds is 4. The summed E-state index contributed by atoms with van der Waals surface area (Å²) < 4.78 is 11.3. The number of hydrogen-bond donors (Lipinski definition) is 0. The van der Waals surface area contributed by atoms with Crippen molar-refractivity contribution in [3.8, 4) is 0 Å². The Labute approximate surface area is 104 Å². The first kappa shape index (κ1) is 14.2. The SMILES string of the molecule is CC1COC(CCl)CN1CCOC(C)(C)C. The van der Waals surface area contributed by atoms with E-state index in [1.807, 2.05) is 0 Å². The van der Waals surface area contributed by atoms with Gasteiger partial charge >= 0.3 is 0 Å². The topological polar surface area (TPSA) is 21.7 Å². The van der Waals surface area contributed by atoms with Gasteiger partial charge in [0.1, 0.15) is 0 Å². The van der Waals surface area contributed by atoms with Crippen LogP contribution >= 0.6 is 11.6 Å². The van der Waals surface area contributed by atoms with E-state index >= 15 is 0 Å². The van der Waals surface area contributed by atoms with Gasteiger partial charge in [-0.15, -0.1) is 11.6 Å². The van der Waals surface area contributed by atoms with Crippen LogP contribution in [0.4, 0.5) is 0 Å². The van der Waals surface area contributed by atoms with E-state index < -0.39 is 0 Å². The summed E-state index contributed by atoms with van der Waals surface area (Å²) in [4.78, 5) is 2.39. The highest BCUT2D eigenvalue weighted by Crippen LogP contribution is 2.13. The van der Waals surface area contributed by atoms with Gasteiger partial charge in [0.2, 0.25) is 0 Å². The van der Waals surface area contributed by atoms with Crippen LogP contribution in [-0.2, 0) is 9.47 Å². The van der Waals surface area contributed by atoms with Crippen LogP contribution in [0, 0.1) is 0 Å². The van der Waals surface area contributed by atoms with Crippen LogP contribution in [0.15, 0.2) is 0 Å². The average Bonchev–Trinajstić information content (AvgIpc) is 2.19. The highest BCUT2D eigenvalue weighted by Gasteiger charge is 2.25. The third-order valence-electron chi connectivity index (χ3n) is 2.72. The molecule has 0 aromatic rings. The van der Waals surface area contributed by atoms with Crippen LogP contribution in [0.3, 0.4) is 0 Å². The van der Waals surface area contributed by atoms with Gasteiger partial charge in [-0.2, -0.15) is 0 Å². The zero-order chi connectivity index (χ0) is 12.2. The monoisotopic (exact) mass is 249 g/mol. The van der Waals surface area contributed by atoms with Gasteiger partial charge in [-0.1, -0.05) is 0 Å². The molecule has 0 saturated carbocycles. The second-order valence-corrected chi connectivity index (χ2v) is 5.72. The lowest BCUT2D eigenvalue weighted by molar-refractivity contribution is -0.0694. The molecule has 1 aliphatic rings. The lowest BCUT2D eigenvalue weighted by atomic mass is 10.2. The summed E-state index contributed by atoms with van der Waals surface area (Å²) in [6.45, 7) is 11.8. The smallest absolute Gasteiger partial charge is 0.0837 e. The maximum absolute atomic E-state index is 5.82. The molecule has 0 radical (unpaired) electrons. The molecule has 0 N–H and O–H groups in total. The maximum atomic E-state index is 5.82. The van der Waals surface area contributed by atoms with Crippen LogP contribution in [0.2, 0.25) is 0 Å². The van der Waals surface area contributed by atoms with Gasteiger partial charge in [0, 0.05) is 25.0 Å². The van der Waals surface area contributed by atoms with Crippen molar-refractivity contribution in [2.45, 2.75) is 45.4 Å². The van der Waals surface area contributed by atoms with Crippen molar-refractivity contribution in [1.82, 2.24) is 4.90 Å². The Balaban J connectivity index is 2.28. The standard InChI is InChI=1S/C12H24ClNO2/c1-10-9-15-11(7-13)8-14(10)5-6-16-12(2,3)4/h10-11H,5-9H2,1-4H3. The Morgan fingerprint density at radius 1 is 1.44 bits per heavy atom. The summed E-state index contributed by atoms with van der Waals surface area (Å²) in [5.41, 5.74) is -0.0542. The maximum Gasteiger partial charge on any atom is 0.0837 e. The van der Waals surface area contributed by atoms with Crippen molar-refractivity contribution < 1.29 is 9.47 Å². The molecule has 96 valence electrons. The molecule has 4 heteroatoms. The largest absolute Gasteiger partial charge is 0.375 e. The predicted octanol–water partition coefficient (Wildman–Crippen LogP) is 2.13. The van der Waals surface area contributed by atoms with Gasteiger partial charge in [0.25, 0.3) is 0 Å². The molecule has 0 spiro atoms. The number of nitrogens with zero attached hydrogens (tertiary/aromatic N) is 1. The van der Waals surface area contributed by atoms with E-state index in [0.717, 1.165) is 26.3 Å². The predicted molar refractivity (Wildman–Crippen MR) is 67.2 cm³/mol. The van der Waals surface area contributed by atoms with Crippen LogP contribution in [0.1, 0.15) is 27.7 Å². The normalized spacial score (nSPS) is 28.3. The van der Waals surface area contributed by atoms with Crippen LogP contribution in [0.5, 0.6) is 0 Å². The summed E-state index contributed by atoms with van der Waals surface area (Å²) in [6.07, 6.45) is 0.174. The molecule has 1 fully saturated rings. The van der Waals surface area contributed by atoms with Gasteiger partial charge < -0.3 is 9.47 Å². The number of hydrogen-bond acceptors (Lipinski definition) is 3. The van der Waals surface area contributed by atoms with Crippen molar-refractivity contribution in [3.63, 3.8) is 0 Å². The molecular weight excluding hydrogens is 226 g/mol. The molecule has 0 aromatic carbocycles. The van der Waals surface area contributed by atoms with E-state index in [4.69, 9.17) is 21.1 Å². The second kappa shape index (κ2) is 6.20. The second-order valence-electron chi connectivity index (χ2n) is 5.41. The summed E-state index contributed by atoms with van der Waals surface area (Å²) in [6, 6.07) is 0.461. The Hall–Kier alpha value is 0.170. The quantitative estimate of drug-likeness (QED) is 0.713. The van der Waals surface area contributed by atoms with Crippen molar-refractivity contribution >= 4 is 11.6 Å². The van der Waals surface area contributed by atoms with Gasteiger partial charge in [-0.05, 0) is 27.7 Å². The Morgan fingerprint density at radius 2 is 2.12 bits per heavy atom. The number of alkyl halides is 1. The number of halogens is 1. The van der Waals surface area contributed by atoms with E-state index in [2.05, 4.69) is 32.6 Å². The minimum absolute atomic E-state index is 0.0542. The molecule has 0 aliphatic carbocycles. The highest BCUT2D eigenvalue weighted by atomic mass is 35.5. The first-order valence-electron chi connectivity index (χ1n) is 5.98. The van der Waals surface area contributed by atoms with Crippen molar-refractivity contribution in [1.29, 1.82) is 0 Å². The summed E-state index contributed by atoms with van der Waals surface area (Å²) in [5.74, 6) is 0.573. The Kier molecular flexibility index (Phi) is 5.51. The van der Waals surface area contributed by atoms with E-state index in [1.165, 1.54) is 0 Å². The molecule has 1 rings (SSSR count). The summed E-state index contributed by atoms with van der Waals surface area (Å²) in [7, 11) is 0. The average molecular weight is 250 g/mol. The van der Waals surface area contributed by atoms with E-state index in [9.17, 15) is 0 Å². The zero-order valence-corrected chi connectivity index (χ0v) is 11.6. The molecule has 3 nitrogen and oxygen atoms in total. The number of ether oxygens (including phenoxy) is 2. The molecule has 0 aromatic heterocycles. The highest BCUT2D eigenvalue weighted by molar-refractivity contribution is 6.18. The van der Waals surface area contributed by atoms with E-state index in [1.54, 1.807) is 0 Å². The van der Waals surface area contributed by atoms with Crippen LogP contribution in [0.25, 0.3) is 0 Å². The molecule has 1 heterocycles. The van der Waals surface area contributed by atoms with Gasteiger partial charge in [0.05, 0.1) is 24.9 Å². The zero-order valence-electron chi connectivity index (χ0n) is 10.8. The fourth-order valence-electron chi connectivity index (χ4n) is 1.75. The fraction of sp³-hybridized carbons (Fsp3) is 1.00. The molecule has 0 amide bonds. The lowest BCUT2D eigenvalue weighted by Gasteiger charge is -2.37. The fourth-order valence-corrected chi connectivity index (χ4v) is 1.94. The first-order chi connectivity index (χ1) is 7.42.